The summed E-state index contributed by atoms with van der Waals surface area (Å²) < 4.78 is 35.4. The molecule has 2 aliphatic heterocycles. The Hall–Kier alpha value is -1.30. The molecular formula is C24H40N3O11PS2. The van der Waals surface area contributed by atoms with E-state index >= 15 is 0 Å². The summed E-state index contributed by atoms with van der Waals surface area (Å²) in [4.78, 5) is 29.8. The van der Waals surface area contributed by atoms with Gasteiger partial charge < -0.3 is 35.8 Å². The van der Waals surface area contributed by atoms with Gasteiger partial charge in [0.2, 0.25) is 0 Å². The summed E-state index contributed by atoms with van der Waals surface area (Å²) in [6.45, 7) is 8.45. The molecule has 6 N–H and O–H groups in total. The summed E-state index contributed by atoms with van der Waals surface area (Å²) in [6.07, 6.45) is -2.14. The number of hydrogen-bond acceptors (Lipinski definition) is 16. The molecular weight excluding hydrogens is 601 g/mol. The van der Waals surface area contributed by atoms with Crippen LogP contribution >= 0.6 is 31.3 Å². The number of phosphoric ester groups is 1. The van der Waals surface area contributed by atoms with E-state index in [-0.39, 0.29) is 59.8 Å². The number of thioether (sulfide) groups is 2. The molecule has 234 valence electrons. The lowest BCUT2D eigenvalue weighted by atomic mass is 9.97. The van der Waals surface area contributed by atoms with Gasteiger partial charge in [0.05, 0.1) is 43.9 Å². The van der Waals surface area contributed by atoms with Gasteiger partial charge in [0, 0.05) is 17.7 Å². The molecule has 2 aliphatic rings. The van der Waals surface area contributed by atoms with E-state index in [2.05, 4.69) is 11.6 Å². The average molecular weight is 642 g/mol. The molecule has 0 bridgehead atoms. The second-order valence-corrected chi connectivity index (χ2v) is 14.3. The number of nitrogens with two attached hydrogens (primary N) is 1. The highest BCUT2D eigenvalue weighted by Crippen LogP contribution is 2.50. The Kier molecular flexibility index (Phi) is 13.5. The van der Waals surface area contributed by atoms with Crippen molar-refractivity contribution in [3.05, 3.63) is 24.7 Å². The van der Waals surface area contributed by atoms with Crippen LogP contribution in [0.15, 0.2) is 29.7 Å². The van der Waals surface area contributed by atoms with Crippen molar-refractivity contribution in [3.8, 4) is 0 Å². The zero-order valence-corrected chi connectivity index (χ0v) is 26.0. The number of aliphatic hydroxyl groups is 4. The Balaban J connectivity index is 2.01. The molecule has 0 aromatic rings. The zero-order valence-electron chi connectivity index (χ0n) is 23.5. The van der Waals surface area contributed by atoms with Gasteiger partial charge in [-0.3, -0.25) is 23.2 Å². The first kappa shape index (κ1) is 35.9. The molecule has 41 heavy (non-hydrogen) atoms. The number of carbonyl (C=O) groups excluding carboxylic acids is 2. The fourth-order valence-electron chi connectivity index (χ4n) is 3.18. The highest BCUT2D eigenvalue weighted by Gasteiger charge is 2.47. The van der Waals surface area contributed by atoms with Crippen LogP contribution in [0.25, 0.3) is 0 Å². The number of aliphatic imine (C=N–C) groups is 1. The predicted octanol–water partition coefficient (Wildman–Crippen LogP) is 0.805. The SMILES string of the molecule is C=C1N=C(N)C=CN1[C@@H]1O[C@H](COP(=O)(OCCSC(=O)C(C)(C)CO)OCCSC(=O)C(C)(C)CO)[C@H](O)C1O. The van der Waals surface area contributed by atoms with Gasteiger partial charge in [-0.2, -0.15) is 0 Å². The molecule has 0 aromatic heterocycles. The van der Waals surface area contributed by atoms with Crippen LogP contribution in [0.1, 0.15) is 27.7 Å². The van der Waals surface area contributed by atoms with Crippen LogP contribution < -0.4 is 5.73 Å². The Morgan fingerprint density at radius 3 is 2.02 bits per heavy atom. The van der Waals surface area contributed by atoms with Crippen molar-refractivity contribution in [1.82, 2.24) is 4.90 Å². The minimum absolute atomic E-state index is 0.0767. The first-order valence-corrected chi connectivity index (χ1v) is 16.1. The van der Waals surface area contributed by atoms with Crippen molar-refractivity contribution in [2.75, 3.05) is 44.5 Å². The smallest absolute Gasteiger partial charge is 0.395 e. The highest BCUT2D eigenvalue weighted by atomic mass is 32.2. The second-order valence-electron chi connectivity index (χ2n) is 10.5. The molecule has 0 aliphatic carbocycles. The van der Waals surface area contributed by atoms with Gasteiger partial charge in [0.15, 0.2) is 16.5 Å². The van der Waals surface area contributed by atoms with Gasteiger partial charge >= 0.3 is 7.82 Å². The standard InChI is InChI=1S/C24H40N3O11PS2/c1-15-26-17(25)6-7-27(15)20-19(31)18(30)16(38-20)12-37-39(34,35-8-10-40-21(32)23(2,3)13-28)36-9-11-41-22(33)24(4,5)14-29/h6-7,16,18-20,28-31H,1,8-14H2,2-5H3,(H2,25,26)/t16-,18+,19?,20-/m1/s1. The molecule has 0 saturated carbocycles. The maximum Gasteiger partial charge on any atom is 0.474 e. The normalized spacial score (nSPS) is 23.7. The van der Waals surface area contributed by atoms with Gasteiger partial charge in [0.25, 0.3) is 0 Å². The van der Waals surface area contributed by atoms with Crippen LogP contribution in [0.3, 0.4) is 0 Å². The number of hydrogen-bond donors (Lipinski definition) is 5. The third kappa shape index (κ3) is 10.1. The molecule has 1 saturated heterocycles. The van der Waals surface area contributed by atoms with E-state index < -0.39 is 49.8 Å². The van der Waals surface area contributed by atoms with Gasteiger partial charge in [-0.05, 0) is 33.8 Å². The molecule has 14 nitrogen and oxygen atoms in total. The summed E-state index contributed by atoms with van der Waals surface area (Å²) in [5.74, 6) is 0.530. The number of rotatable bonds is 16. The molecule has 0 aromatic carbocycles. The lowest BCUT2D eigenvalue weighted by Crippen LogP contribution is -2.42. The monoisotopic (exact) mass is 641 g/mol. The number of nitrogens with zero attached hydrogens (tertiary/aromatic N) is 2. The van der Waals surface area contributed by atoms with Gasteiger partial charge in [-0.25, -0.2) is 9.56 Å². The number of ether oxygens (including phenoxy) is 1. The maximum absolute atomic E-state index is 13.4. The lowest BCUT2D eigenvalue weighted by molar-refractivity contribution is -0.120. The fraction of sp³-hybridized carbons (Fsp3) is 0.708. The van der Waals surface area contributed by atoms with E-state index in [9.17, 15) is 34.6 Å². The number of carbonyl (C=O) groups is 2. The van der Waals surface area contributed by atoms with Crippen LogP contribution in [0.4, 0.5) is 0 Å². The van der Waals surface area contributed by atoms with Crippen molar-refractivity contribution in [2.24, 2.45) is 21.6 Å². The Bertz CT molecular complexity index is 1020. The molecule has 17 heteroatoms. The molecule has 1 fully saturated rings. The topological polar surface area (TPSA) is 211 Å². The van der Waals surface area contributed by atoms with Gasteiger partial charge in [-0.15, -0.1) is 0 Å². The van der Waals surface area contributed by atoms with Crippen LogP contribution in [0.5, 0.6) is 0 Å². The number of amidine groups is 1. The molecule has 4 atom stereocenters. The van der Waals surface area contributed by atoms with Gasteiger partial charge in [0.1, 0.15) is 30.0 Å². The van der Waals surface area contributed by atoms with Crippen molar-refractivity contribution >= 4 is 47.4 Å². The summed E-state index contributed by atoms with van der Waals surface area (Å²) in [5.41, 5.74) is 3.71. The molecule has 1 unspecified atom stereocenters. The van der Waals surface area contributed by atoms with E-state index in [4.69, 9.17) is 24.0 Å². The first-order valence-electron chi connectivity index (χ1n) is 12.7. The van der Waals surface area contributed by atoms with Crippen LogP contribution in [0.2, 0.25) is 0 Å². The van der Waals surface area contributed by atoms with E-state index in [1.165, 1.54) is 17.2 Å². The van der Waals surface area contributed by atoms with E-state index in [0.717, 1.165) is 23.5 Å². The number of phosphoric acid groups is 1. The predicted molar refractivity (Wildman–Crippen MR) is 155 cm³/mol. The molecule has 0 spiro atoms. The second kappa shape index (κ2) is 15.4. The summed E-state index contributed by atoms with van der Waals surface area (Å²) in [7, 11) is -4.31. The summed E-state index contributed by atoms with van der Waals surface area (Å²) in [6, 6.07) is 0. The summed E-state index contributed by atoms with van der Waals surface area (Å²) >= 11 is 1.76. The maximum atomic E-state index is 13.4. The van der Waals surface area contributed by atoms with E-state index in [0.29, 0.717) is 0 Å². The Morgan fingerprint density at radius 2 is 1.56 bits per heavy atom. The van der Waals surface area contributed by atoms with Crippen molar-refractivity contribution < 1.29 is 52.9 Å². The molecule has 0 amide bonds. The molecule has 2 rings (SSSR count). The highest BCUT2D eigenvalue weighted by molar-refractivity contribution is 8.14. The van der Waals surface area contributed by atoms with Crippen molar-refractivity contribution in [2.45, 2.75) is 52.2 Å². The van der Waals surface area contributed by atoms with Crippen LogP contribution in [-0.4, -0.2) is 110 Å². The van der Waals surface area contributed by atoms with Gasteiger partial charge in [-0.1, -0.05) is 30.1 Å². The lowest BCUT2D eigenvalue weighted by Gasteiger charge is -2.30. The Labute approximate surface area is 247 Å². The third-order valence-corrected chi connectivity index (χ3v) is 9.83. The largest absolute Gasteiger partial charge is 0.474 e. The third-order valence-electron chi connectivity index (χ3n) is 6.00. The van der Waals surface area contributed by atoms with Crippen molar-refractivity contribution in [1.29, 1.82) is 0 Å². The minimum atomic E-state index is -4.31. The first-order chi connectivity index (χ1) is 19.1. The molecule has 2 heterocycles. The fourth-order valence-corrected chi connectivity index (χ4v) is 6.22. The van der Waals surface area contributed by atoms with E-state index in [1.807, 2.05) is 0 Å². The summed E-state index contributed by atoms with van der Waals surface area (Å²) in [5, 5.41) is 39.2. The quantitative estimate of drug-likeness (QED) is 0.117. The van der Waals surface area contributed by atoms with Crippen LogP contribution in [-0.2, 0) is 32.5 Å². The number of aliphatic hydroxyl groups excluding tert-OH is 4. The Morgan fingerprint density at radius 1 is 1.05 bits per heavy atom. The van der Waals surface area contributed by atoms with Crippen LogP contribution in [0, 0.1) is 10.8 Å². The van der Waals surface area contributed by atoms with E-state index in [1.54, 1.807) is 27.7 Å². The zero-order chi connectivity index (χ0) is 31.0. The average Bonchev–Trinajstić information content (AvgIpc) is 3.20. The van der Waals surface area contributed by atoms with Crippen molar-refractivity contribution in [3.63, 3.8) is 0 Å². The minimum Gasteiger partial charge on any atom is -0.395 e. The molecule has 0 radical (unpaired) electrons.